The first-order valence-corrected chi connectivity index (χ1v) is 7.79. The van der Waals surface area contributed by atoms with Crippen molar-refractivity contribution >= 4 is 35.2 Å². The van der Waals surface area contributed by atoms with Crippen molar-refractivity contribution in [2.75, 3.05) is 18.9 Å². The zero-order valence-corrected chi connectivity index (χ0v) is 13.2. The second kappa shape index (κ2) is 6.83. The number of anilines is 1. The van der Waals surface area contributed by atoms with Crippen LogP contribution in [0.4, 0.5) is 5.69 Å². The molecule has 6 nitrogen and oxygen atoms in total. The number of aliphatic carboxylic acids is 1. The number of nitrogens with zero attached hydrogens (tertiary/aromatic N) is 1. The van der Waals surface area contributed by atoms with Gasteiger partial charge >= 0.3 is 5.97 Å². The number of hydrogen-bond donors (Lipinski definition) is 2. The summed E-state index contributed by atoms with van der Waals surface area (Å²) in [6.07, 6.45) is 0.0493. The molecule has 1 aliphatic heterocycles. The van der Waals surface area contributed by atoms with E-state index >= 15 is 0 Å². The summed E-state index contributed by atoms with van der Waals surface area (Å²) in [6, 6.07) is 7.43. The molecule has 7 heteroatoms. The van der Waals surface area contributed by atoms with Crippen LogP contribution in [0.15, 0.2) is 29.2 Å². The first kappa shape index (κ1) is 16.4. The third kappa shape index (κ3) is 3.79. The molecule has 0 saturated heterocycles. The number of carboxylic acids is 1. The standard InChI is InChI=1S/C15H18N2O4S/c1-9(15(20)21)8-17(2)13(18)7-12-14(19)16-10-5-3-4-6-11(10)22-12/h3-6,9,12H,7-8H2,1-2H3,(H,16,19)(H,20,21)/t9-,12+/m0/s1. The number of hydrogen-bond acceptors (Lipinski definition) is 4. The van der Waals surface area contributed by atoms with Crippen LogP contribution in [0.3, 0.4) is 0 Å². The van der Waals surface area contributed by atoms with Crippen LogP contribution >= 0.6 is 11.8 Å². The van der Waals surface area contributed by atoms with E-state index < -0.39 is 17.1 Å². The predicted molar refractivity (Wildman–Crippen MR) is 83.8 cm³/mol. The number of fused-ring (bicyclic) bond motifs is 1. The van der Waals surface area contributed by atoms with E-state index in [0.29, 0.717) is 0 Å². The molecule has 2 amide bonds. The number of carbonyl (C=O) groups excluding carboxylic acids is 2. The molecule has 0 aliphatic carbocycles. The van der Waals surface area contributed by atoms with Gasteiger partial charge in [-0.2, -0.15) is 0 Å². The van der Waals surface area contributed by atoms with Crippen molar-refractivity contribution in [2.24, 2.45) is 5.92 Å². The molecule has 0 saturated carbocycles. The fourth-order valence-electron chi connectivity index (χ4n) is 2.13. The molecule has 22 heavy (non-hydrogen) atoms. The lowest BCUT2D eigenvalue weighted by atomic mass is 10.1. The normalized spacial score (nSPS) is 18.1. The number of thioether (sulfide) groups is 1. The Morgan fingerprint density at radius 1 is 1.41 bits per heavy atom. The summed E-state index contributed by atoms with van der Waals surface area (Å²) < 4.78 is 0. The lowest BCUT2D eigenvalue weighted by molar-refractivity contribution is -0.142. The molecule has 0 spiro atoms. The molecule has 0 aromatic heterocycles. The predicted octanol–water partition coefficient (Wildman–Crippen LogP) is 1.67. The molecule has 2 N–H and O–H groups in total. The van der Waals surface area contributed by atoms with Gasteiger partial charge in [-0.25, -0.2) is 0 Å². The highest BCUT2D eigenvalue weighted by atomic mass is 32.2. The minimum absolute atomic E-state index is 0.0493. The van der Waals surface area contributed by atoms with E-state index in [1.54, 1.807) is 14.0 Å². The zero-order valence-electron chi connectivity index (χ0n) is 12.4. The van der Waals surface area contributed by atoms with Crippen LogP contribution in [0.2, 0.25) is 0 Å². The highest BCUT2D eigenvalue weighted by molar-refractivity contribution is 8.01. The quantitative estimate of drug-likeness (QED) is 0.861. The molecule has 0 fully saturated rings. The highest BCUT2D eigenvalue weighted by Crippen LogP contribution is 2.36. The van der Waals surface area contributed by atoms with E-state index in [-0.39, 0.29) is 24.8 Å². The van der Waals surface area contributed by atoms with Gasteiger partial charge in [-0.15, -0.1) is 11.8 Å². The maximum atomic E-state index is 12.2. The summed E-state index contributed by atoms with van der Waals surface area (Å²) in [7, 11) is 1.56. The Balaban J connectivity index is 1.97. The van der Waals surface area contributed by atoms with E-state index in [0.717, 1.165) is 10.6 Å². The summed E-state index contributed by atoms with van der Waals surface area (Å²) in [5, 5.41) is 11.2. The fraction of sp³-hybridized carbons (Fsp3) is 0.400. The minimum Gasteiger partial charge on any atom is -0.481 e. The van der Waals surface area contributed by atoms with Crippen molar-refractivity contribution < 1.29 is 19.5 Å². The second-order valence-electron chi connectivity index (χ2n) is 5.31. The Morgan fingerprint density at radius 2 is 2.09 bits per heavy atom. The highest BCUT2D eigenvalue weighted by Gasteiger charge is 2.30. The summed E-state index contributed by atoms with van der Waals surface area (Å²) in [5.74, 6) is -2.02. The number of rotatable bonds is 5. The Bertz CT molecular complexity index is 605. The van der Waals surface area contributed by atoms with E-state index in [9.17, 15) is 14.4 Å². The molecule has 1 heterocycles. The van der Waals surface area contributed by atoms with Crippen LogP contribution in [0.1, 0.15) is 13.3 Å². The lowest BCUT2D eigenvalue weighted by Gasteiger charge is -2.26. The van der Waals surface area contributed by atoms with Crippen molar-refractivity contribution in [2.45, 2.75) is 23.5 Å². The van der Waals surface area contributed by atoms with Gasteiger partial charge in [0.2, 0.25) is 11.8 Å². The molecule has 1 aromatic rings. The monoisotopic (exact) mass is 322 g/mol. The van der Waals surface area contributed by atoms with Gasteiger partial charge in [-0.3, -0.25) is 14.4 Å². The Hall–Kier alpha value is -2.02. The van der Waals surface area contributed by atoms with Gasteiger partial charge in [0.05, 0.1) is 16.9 Å². The van der Waals surface area contributed by atoms with Crippen LogP contribution in [0.5, 0.6) is 0 Å². The number of benzene rings is 1. The van der Waals surface area contributed by atoms with E-state index in [1.807, 2.05) is 24.3 Å². The van der Waals surface area contributed by atoms with E-state index in [1.165, 1.54) is 16.7 Å². The van der Waals surface area contributed by atoms with Crippen molar-refractivity contribution in [1.29, 1.82) is 0 Å². The zero-order chi connectivity index (χ0) is 16.3. The van der Waals surface area contributed by atoms with Crippen molar-refractivity contribution in [3.63, 3.8) is 0 Å². The van der Waals surface area contributed by atoms with Crippen LogP contribution in [0, 0.1) is 5.92 Å². The van der Waals surface area contributed by atoms with Gasteiger partial charge in [0.25, 0.3) is 0 Å². The maximum absolute atomic E-state index is 12.2. The summed E-state index contributed by atoms with van der Waals surface area (Å²) in [6.45, 7) is 1.67. The van der Waals surface area contributed by atoms with Gasteiger partial charge < -0.3 is 15.3 Å². The first-order chi connectivity index (χ1) is 10.4. The Kier molecular flexibility index (Phi) is 5.07. The lowest BCUT2D eigenvalue weighted by Crippen LogP contribution is -2.38. The average Bonchev–Trinajstić information content (AvgIpc) is 2.47. The summed E-state index contributed by atoms with van der Waals surface area (Å²) in [5.41, 5.74) is 0.758. The van der Waals surface area contributed by atoms with Gasteiger partial charge in [0.15, 0.2) is 0 Å². The molecule has 0 radical (unpaired) electrons. The molecule has 2 rings (SSSR count). The van der Waals surface area contributed by atoms with Gasteiger partial charge in [0, 0.05) is 24.9 Å². The van der Waals surface area contributed by atoms with Crippen molar-refractivity contribution in [3.05, 3.63) is 24.3 Å². The minimum atomic E-state index is -0.946. The smallest absolute Gasteiger partial charge is 0.308 e. The average molecular weight is 322 g/mol. The molecule has 118 valence electrons. The van der Waals surface area contributed by atoms with Gasteiger partial charge in [-0.1, -0.05) is 19.1 Å². The summed E-state index contributed by atoms with van der Waals surface area (Å²) >= 11 is 1.36. The van der Waals surface area contributed by atoms with Crippen molar-refractivity contribution in [1.82, 2.24) is 4.90 Å². The third-order valence-corrected chi connectivity index (χ3v) is 4.74. The molecular formula is C15H18N2O4S. The van der Waals surface area contributed by atoms with Crippen LogP contribution in [-0.4, -0.2) is 46.6 Å². The topological polar surface area (TPSA) is 86.7 Å². The summed E-state index contributed by atoms with van der Waals surface area (Å²) in [4.78, 5) is 37.3. The molecule has 1 aromatic carbocycles. The van der Waals surface area contributed by atoms with Crippen LogP contribution in [0.25, 0.3) is 0 Å². The number of amides is 2. The Labute approximate surface area is 132 Å². The first-order valence-electron chi connectivity index (χ1n) is 6.91. The molecular weight excluding hydrogens is 304 g/mol. The number of carboxylic acid groups (broad SMARTS) is 1. The molecule has 0 bridgehead atoms. The van der Waals surface area contributed by atoms with Crippen LogP contribution < -0.4 is 5.32 Å². The SMILES string of the molecule is C[C@@H](CN(C)C(=O)C[C@H]1Sc2ccccc2NC1=O)C(=O)O. The van der Waals surface area contributed by atoms with E-state index in [4.69, 9.17) is 5.11 Å². The third-order valence-electron chi connectivity index (χ3n) is 3.46. The molecule has 1 aliphatic rings. The molecule has 0 unspecified atom stereocenters. The van der Waals surface area contributed by atoms with Gasteiger partial charge in [0.1, 0.15) is 0 Å². The fourth-order valence-corrected chi connectivity index (χ4v) is 3.23. The maximum Gasteiger partial charge on any atom is 0.308 e. The second-order valence-corrected chi connectivity index (χ2v) is 6.55. The van der Waals surface area contributed by atoms with E-state index in [2.05, 4.69) is 5.32 Å². The number of para-hydroxylation sites is 1. The van der Waals surface area contributed by atoms with Crippen LogP contribution in [-0.2, 0) is 14.4 Å². The number of nitrogens with one attached hydrogen (secondary N) is 1. The van der Waals surface area contributed by atoms with Gasteiger partial charge in [-0.05, 0) is 12.1 Å². The number of carbonyl (C=O) groups is 3. The largest absolute Gasteiger partial charge is 0.481 e. The molecule has 2 atom stereocenters. The Morgan fingerprint density at radius 3 is 2.77 bits per heavy atom. The van der Waals surface area contributed by atoms with Crippen molar-refractivity contribution in [3.8, 4) is 0 Å².